The summed E-state index contributed by atoms with van der Waals surface area (Å²) in [5, 5.41) is 5.74. The first kappa shape index (κ1) is 20.0. The number of alkyl halides is 3. The van der Waals surface area contributed by atoms with E-state index < -0.39 is 34.9 Å². The zero-order chi connectivity index (χ0) is 18.9. The molecular formula is C14H23F3N4O3. The summed E-state index contributed by atoms with van der Waals surface area (Å²) in [7, 11) is 0. The molecule has 1 N–H and O–H groups in total. The van der Waals surface area contributed by atoms with Crippen molar-refractivity contribution in [3.05, 3.63) is 16.3 Å². The average Bonchev–Trinajstić information content (AvgIpc) is 2.63. The second kappa shape index (κ2) is 6.48. The van der Waals surface area contributed by atoms with E-state index in [0.717, 1.165) is 0 Å². The number of halogens is 3. The first-order valence-corrected chi connectivity index (χ1v) is 7.37. The minimum absolute atomic E-state index is 0.0900. The van der Waals surface area contributed by atoms with Crippen LogP contribution in [0, 0.1) is 0 Å². The number of aromatic nitrogens is 3. The van der Waals surface area contributed by atoms with Gasteiger partial charge < -0.3 is 10.1 Å². The Morgan fingerprint density at radius 3 is 2.08 bits per heavy atom. The van der Waals surface area contributed by atoms with Gasteiger partial charge in [-0.15, -0.1) is 5.10 Å². The predicted octanol–water partition coefficient (Wildman–Crippen LogP) is 2.34. The topological polar surface area (TPSA) is 78.2 Å². The number of ether oxygens (including phenoxy) is 1. The maximum Gasteiger partial charge on any atom is 0.451 e. The number of nitrogens with zero attached hydrogens (tertiary/aromatic N) is 3. The highest BCUT2D eigenvalue weighted by Gasteiger charge is 2.41. The Labute approximate surface area is 137 Å². The molecular weight excluding hydrogens is 329 g/mol. The molecule has 1 aromatic rings. The lowest BCUT2D eigenvalue weighted by Gasteiger charge is -2.21. The molecule has 1 amide bonds. The maximum absolute atomic E-state index is 13.1. The summed E-state index contributed by atoms with van der Waals surface area (Å²) >= 11 is 0. The molecule has 0 saturated heterocycles. The Morgan fingerprint density at radius 2 is 1.71 bits per heavy atom. The third-order valence-electron chi connectivity index (χ3n) is 2.76. The van der Waals surface area contributed by atoms with Crippen LogP contribution in [0.25, 0.3) is 0 Å². The lowest BCUT2D eigenvalue weighted by atomic mass is 10.1. The van der Waals surface area contributed by atoms with E-state index in [0.29, 0.717) is 9.25 Å². The van der Waals surface area contributed by atoms with Crippen molar-refractivity contribution in [3.8, 4) is 0 Å². The molecule has 0 atom stereocenters. The van der Waals surface area contributed by atoms with E-state index in [2.05, 4.69) is 10.4 Å². The van der Waals surface area contributed by atoms with Crippen LogP contribution in [-0.2, 0) is 23.0 Å². The third kappa shape index (κ3) is 5.27. The summed E-state index contributed by atoms with van der Waals surface area (Å²) in [6, 6.07) is 0. The third-order valence-corrected chi connectivity index (χ3v) is 2.76. The highest BCUT2D eigenvalue weighted by molar-refractivity contribution is 5.67. The van der Waals surface area contributed by atoms with E-state index in [-0.39, 0.29) is 13.1 Å². The number of rotatable bonds is 3. The summed E-state index contributed by atoms with van der Waals surface area (Å²) in [5.41, 5.74) is -2.67. The van der Waals surface area contributed by atoms with Gasteiger partial charge in [-0.05, 0) is 41.5 Å². The van der Waals surface area contributed by atoms with Crippen molar-refractivity contribution >= 4 is 6.09 Å². The number of alkyl carbamates (subject to hydrolysis) is 1. The largest absolute Gasteiger partial charge is 0.451 e. The van der Waals surface area contributed by atoms with Crippen LogP contribution in [0.15, 0.2) is 4.79 Å². The molecule has 7 nitrogen and oxygen atoms in total. The highest BCUT2D eigenvalue weighted by Crippen LogP contribution is 2.29. The predicted molar refractivity (Wildman–Crippen MR) is 80.7 cm³/mol. The van der Waals surface area contributed by atoms with Crippen molar-refractivity contribution < 1.29 is 22.7 Å². The van der Waals surface area contributed by atoms with Crippen LogP contribution < -0.4 is 11.0 Å². The van der Waals surface area contributed by atoms with Gasteiger partial charge in [0.15, 0.2) is 0 Å². The fraction of sp³-hybridized carbons (Fsp3) is 0.786. The molecule has 0 saturated carbocycles. The fourth-order valence-electron chi connectivity index (χ4n) is 1.92. The Balaban J connectivity index is 2.93. The van der Waals surface area contributed by atoms with Gasteiger partial charge in [0, 0.05) is 12.1 Å². The van der Waals surface area contributed by atoms with E-state index in [4.69, 9.17) is 4.74 Å². The molecule has 10 heteroatoms. The van der Waals surface area contributed by atoms with E-state index in [9.17, 15) is 22.8 Å². The second-order valence-corrected chi connectivity index (χ2v) is 7.26. The number of hydrogen-bond acceptors (Lipinski definition) is 4. The van der Waals surface area contributed by atoms with Gasteiger partial charge in [0.05, 0.1) is 6.54 Å². The van der Waals surface area contributed by atoms with Crippen LogP contribution >= 0.6 is 0 Å². The molecule has 24 heavy (non-hydrogen) atoms. The maximum atomic E-state index is 13.1. The molecule has 0 spiro atoms. The lowest BCUT2D eigenvalue weighted by molar-refractivity contribution is -0.149. The summed E-state index contributed by atoms with van der Waals surface area (Å²) in [6.45, 7) is 9.18. The molecule has 0 aromatic carbocycles. The van der Waals surface area contributed by atoms with Crippen molar-refractivity contribution in [3.63, 3.8) is 0 Å². The minimum Gasteiger partial charge on any atom is -0.444 e. The standard InChI is InChI=1S/C14H23F3N4O3/c1-12(2,3)21-9(14(15,16)17)19-20(11(21)23)8-7-18-10(22)24-13(4,5)6/h7-8H2,1-6H3,(H,18,22). The molecule has 1 aromatic heterocycles. The highest BCUT2D eigenvalue weighted by atomic mass is 19.4. The van der Waals surface area contributed by atoms with Gasteiger partial charge in [-0.3, -0.25) is 4.57 Å². The van der Waals surface area contributed by atoms with Crippen LogP contribution in [0.1, 0.15) is 47.4 Å². The van der Waals surface area contributed by atoms with Gasteiger partial charge in [-0.25, -0.2) is 14.3 Å². The van der Waals surface area contributed by atoms with Gasteiger partial charge in [0.25, 0.3) is 0 Å². The SMILES string of the molecule is CC(C)(C)OC(=O)NCCn1nc(C(F)(F)F)n(C(C)(C)C)c1=O. The Morgan fingerprint density at radius 1 is 1.17 bits per heavy atom. The van der Waals surface area contributed by atoms with E-state index >= 15 is 0 Å². The van der Waals surface area contributed by atoms with Crippen LogP contribution in [0.5, 0.6) is 0 Å². The molecule has 0 aliphatic rings. The molecule has 0 radical (unpaired) electrons. The molecule has 0 bridgehead atoms. The molecule has 0 fully saturated rings. The van der Waals surface area contributed by atoms with Crippen molar-refractivity contribution in [2.75, 3.05) is 6.54 Å². The summed E-state index contributed by atoms with van der Waals surface area (Å²) in [6.07, 6.45) is -5.47. The van der Waals surface area contributed by atoms with Crippen LogP contribution in [0.2, 0.25) is 0 Å². The summed E-state index contributed by atoms with van der Waals surface area (Å²) in [4.78, 5) is 23.7. The molecule has 0 aliphatic carbocycles. The first-order chi connectivity index (χ1) is 10.6. The van der Waals surface area contributed by atoms with Crippen molar-refractivity contribution in [2.45, 2.75) is 65.4 Å². The quantitative estimate of drug-likeness (QED) is 0.906. The van der Waals surface area contributed by atoms with Crippen molar-refractivity contribution in [1.82, 2.24) is 19.7 Å². The van der Waals surface area contributed by atoms with E-state index in [1.165, 1.54) is 20.8 Å². The Bertz CT molecular complexity index is 648. The van der Waals surface area contributed by atoms with Gasteiger partial charge in [0.1, 0.15) is 5.60 Å². The van der Waals surface area contributed by atoms with Gasteiger partial charge in [0.2, 0.25) is 5.82 Å². The van der Waals surface area contributed by atoms with Gasteiger partial charge in [-0.2, -0.15) is 13.2 Å². The Kier molecular flexibility index (Phi) is 5.41. The molecule has 0 aliphatic heterocycles. The molecule has 0 unspecified atom stereocenters. The summed E-state index contributed by atoms with van der Waals surface area (Å²) < 4.78 is 45.5. The van der Waals surface area contributed by atoms with E-state index in [1.54, 1.807) is 20.8 Å². The second-order valence-electron chi connectivity index (χ2n) is 7.26. The number of hydrogen-bond donors (Lipinski definition) is 1. The smallest absolute Gasteiger partial charge is 0.444 e. The van der Waals surface area contributed by atoms with Crippen LogP contribution in [0.4, 0.5) is 18.0 Å². The normalized spacial score (nSPS) is 13.0. The number of carbonyl (C=O) groups is 1. The monoisotopic (exact) mass is 352 g/mol. The van der Waals surface area contributed by atoms with Crippen LogP contribution in [-0.4, -0.2) is 32.6 Å². The molecule has 138 valence electrons. The van der Waals surface area contributed by atoms with Gasteiger partial charge in [-0.1, -0.05) is 0 Å². The fourth-order valence-corrected chi connectivity index (χ4v) is 1.92. The van der Waals surface area contributed by atoms with Crippen LogP contribution in [0.3, 0.4) is 0 Å². The summed E-state index contributed by atoms with van der Waals surface area (Å²) in [5.74, 6) is -1.27. The van der Waals surface area contributed by atoms with Crippen molar-refractivity contribution in [1.29, 1.82) is 0 Å². The van der Waals surface area contributed by atoms with E-state index in [1.807, 2.05) is 0 Å². The zero-order valence-electron chi connectivity index (χ0n) is 14.6. The number of nitrogens with one attached hydrogen (secondary N) is 1. The average molecular weight is 352 g/mol. The number of amides is 1. The zero-order valence-corrected chi connectivity index (χ0v) is 14.6. The Hall–Kier alpha value is -2.00. The molecule has 1 heterocycles. The van der Waals surface area contributed by atoms with Gasteiger partial charge >= 0.3 is 18.0 Å². The first-order valence-electron chi connectivity index (χ1n) is 7.37. The number of carbonyl (C=O) groups excluding carboxylic acids is 1. The molecule has 1 rings (SSSR count). The van der Waals surface area contributed by atoms with Crippen molar-refractivity contribution in [2.24, 2.45) is 0 Å². The minimum atomic E-state index is -4.75. The lowest BCUT2D eigenvalue weighted by Crippen LogP contribution is -2.39.